The Balaban J connectivity index is 1.56. The van der Waals surface area contributed by atoms with Crippen molar-refractivity contribution in [3.8, 4) is 5.75 Å². The van der Waals surface area contributed by atoms with Crippen LogP contribution < -0.4 is 10.2 Å². The molecule has 2 heterocycles. The highest BCUT2D eigenvalue weighted by atomic mass is 16.5. The molecule has 0 spiro atoms. The molecule has 6 heteroatoms. The quantitative estimate of drug-likeness (QED) is 0.346. The number of hydrogen-bond donors (Lipinski definition) is 0. The third kappa shape index (κ3) is 4.64. The van der Waals surface area contributed by atoms with E-state index in [0.717, 1.165) is 29.7 Å². The van der Waals surface area contributed by atoms with Gasteiger partial charge in [-0.1, -0.05) is 54.1 Å². The number of benzene rings is 3. The van der Waals surface area contributed by atoms with E-state index in [4.69, 9.17) is 9.15 Å². The SMILES string of the molecule is Cc1ccc2oc3c(c(=O)c2c1)[C@H](c1cccc(OCc2ccccc2)c1)N(CCCN(C)C)C3=O. The second-order valence-corrected chi connectivity index (χ2v) is 9.58. The average molecular weight is 483 g/mol. The third-order valence-corrected chi connectivity index (χ3v) is 6.55. The minimum atomic E-state index is -0.531. The molecule has 1 aliphatic heterocycles. The van der Waals surface area contributed by atoms with E-state index in [1.807, 2.05) is 87.7 Å². The standard InChI is InChI=1S/C30H30N2O4/c1-20-13-14-25-24(17-20)28(33)26-27(32(16-8-15-31(2)3)30(34)29(26)36-25)22-11-7-12-23(18-22)35-19-21-9-5-4-6-10-21/h4-7,9-14,17-18,27H,8,15-16,19H2,1-3H3/t27-/m0/s1. The molecule has 1 amide bonds. The highest BCUT2D eigenvalue weighted by Gasteiger charge is 2.42. The molecule has 4 aromatic rings. The first-order valence-electron chi connectivity index (χ1n) is 12.2. The Morgan fingerprint density at radius 3 is 2.56 bits per heavy atom. The van der Waals surface area contributed by atoms with Gasteiger partial charge < -0.3 is 19.0 Å². The molecule has 0 saturated carbocycles. The smallest absolute Gasteiger partial charge is 0.290 e. The van der Waals surface area contributed by atoms with Crippen molar-refractivity contribution in [2.24, 2.45) is 0 Å². The molecule has 1 atom stereocenters. The van der Waals surface area contributed by atoms with Crippen molar-refractivity contribution >= 4 is 16.9 Å². The van der Waals surface area contributed by atoms with E-state index in [2.05, 4.69) is 4.90 Å². The lowest BCUT2D eigenvalue weighted by molar-refractivity contribution is 0.0722. The topological polar surface area (TPSA) is 63.0 Å². The summed E-state index contributed by atoms with van der Waals surface area (Å²) < 4.78 is 12.1. The van der Waals surface area contributed by atoms with E-state index in [0.29, 0.717) is 35.4 Å². The van der Waals surface area contributed by atoms with Crippen LogP contribution in [0, 0.1) is 6.92 Å². The summed E-state index contributed by atoms with van der Waals surface area (Å²) >= 11 is 0. The van der Waals surface area contributed by atoms with Crippen LogP contribution in [0.25, 0.3) is 11.0 Å². The summed E-state index contributed by atoms with van der Waals surface area (Å²) in [6.07, 6.45) is 0.778. The van der Waals surface area contributed by atoms with Gasteiger partial charge in [-0.15, -0.1) is 0 Å². The molecular weight excluding hydrogens is 452 g/mol. The normalized spacial score (nSPS) is 15.1. The summed E-state index contributed by atoms with van der Waals surface area (Å²) in [5, 5.41) is 0.498. The Kier molecular flexibility index (Phi) is 6.61. The van der Waals surface area contributed by atoms with Crippen LogP contribution in [0.1, 0.15) is 45.3 Å². The van der Waals surface area contributed by atoms with E-state index >= 15 is 0 Å². The van der Waals surface area contributed by atoms with Crippen molar-refractivity contribution in [3.05, 3.63) is 111 Å². The van der Waals surface area contributed by atoms with Crippen LogP contribution in [-0.4, -0.2) is 42.9 Å². The lowest BCUT2D eigenvalue weighted by Crippen LogP contribution is -2.32. The van der Waals surface area contributed by atoms with Gasteiger partial charge in [-0.2, -0.15) is 0 Å². The lowest BCUT2D eigenvalue weighted by Gasteiger charge is -2.26. The molecule has 1 aromatic heterocycles. The van der Waals surface area contributed by atoms with Crippen molar-refractivity contribution in [3.63, 3.8) is 0 Å². The van der Waals surface area contributed by atoms with Crippen molar-refractivity contribution < 1.29 is 13.9 Å². The van der Waals surface area contributed by atoms with Gasteiger partial charge in [0.2, 0.25) is 5.76 Å². The van der Waals surface area contributed by atoms with Crippen molar-refractivity contribution in [1.29, 1.82) is 0 Å². The Morgan fingerprint density at radius 1 is 0.972 bits per heavy atom. The summed E-state index contributed by atoms with van der Waals surface area (Å²) in [7, 11) is 4.01. The first-order valence-corrected chi connectivity index (χ1v) is 12.2. The molecule has 0 fully saturated rings. The van der Waals surface area contributed by atoms with E-state index in [9.17, 15) is 9.59 Å². The maximum absolute atomic E-state index is 13.7. The fraction of sp³-hybridized carbons (Fsp3) is 0.267. The van der Waals surface area contributed by atoms with Gasteiger partial charge in [-0.05, 0) is 69.4 Å². The largest absolute Gasteiger partial charge is 0.489 e. The predicted molar refractivity (Wildman–Crippen MR) is 140 cm³/mol. The van der Waals surface area contributed by atoms with E-state index < -0.39 is 6.04 Å². The maximum atomic E-state index is 13.7. The highest BCUT2D eigenvalue weighted by Crippen LogP contribution is 2.39. The van der Waals surface area contributed by atoms with Crippen LogP contribution in [-0.2, 0) is 6.61 Å². The van der Waals surface area contributed by atoms with Gasteiger partial charge in [-0.25, -0.2) is 0 Å². The molecule has 0 saturated heterocycles. The first-order chi connectivity index (χ1) is 17.4. The molecule has 0 unspecified atom stereocenters. The molecule has 184 valence electrons. The van der Waals surface area contributed by atoms with Crippen LogP contribution in [0.15, 0.2) is 82.0 Å². The highest BCUT2D eigenvalue weighted by molar-refractivity contribution is 5.99. The second kappa shape index (κ2) is 9.99. The van der Waals surface area contributed by atoms with Gasteiger partial charge in [-0.3, -0.25) is 9.59 Å². The van der Waals surface area contributed by atoms with Gasteiger partial charge in [0.1, 0.15) is 17.9 Å². The van der Waals surface area contributed by atoms with E-state index in [-0.39, 0.29) is 17.1 Å². The summed E-state index contributed by atoms with van der Waals surface area (Å²) in [5.74, 6) is 0.581. The zero-order chi connectivity index (χ0) is 25.2. The van der Waals surface area contributed by atoms with Gasteiger partial charge >= 0.3 is 0 Å². The molecule has 0 bridgehead atoms. The van der Waals surface area contributed by atoms with Gasteiger partial charge in [0.15, 0.2) is 5.43 Å². The average Bonchev–Trinajstić information content (AvgIpc) is 3.15. The number of carbonyl (C=O) groups excluding carboxylic acids is 1. The number of nitrogens with zero attached hydrogens (tertiary/aromatic N) is 2. The van der Waals surface area contributed by atoms with Crippen LogP contribution in [0.3, 0.4) is 0 Å². The number of carbonyl (C=O) groups is 1. The van der Waals surface area contributed by atoms with Crippen LogP contribution in [0.2, 0.25) is 0 Å². The molecular formula is C30H30N2O4. The summed E-state index contributed by atoms with van der Waals surface area (Å²) in [4.78, 5) is 31.2. The van der Waals surface area contributed by atoms with Crippen LogP contribution >= 0.6 is 0 Å². The van der Waals surface area contributed by atoms with Crippen molar-refractivity contribution in [2.45, 2.75) is 26.0 Å². The van der Waals surface area contributed by atoms with E-state index in [1.165, 1.54) is 0 Å². The Hall–Kier alpha value is -3.90. The fourth-order valence-corrected chi connectivity index (χ4v) is 4.78. The Labute approximate surface area is 210 Å². The van der Waals surface area contributed by atoms with Gasteiger partial charge in [0, 0.05) is 6.54 Å². The maximum Gasteiger partial charge on any atom is 0.290 e. The fourth-order valence-electron chi connectivity index (χ4n) is 4.78. The van der Waals surface area contributed by atoms with Crippen molar-refractivity contribution in [1.82, 2.24) is 9.80 Å². The number of ether oxygens (including phenoxy) is 1. The van der Waals surface area contributed by atoms with Crippen molar-refractivity contribution in [2.75, 3.05) is 27.2 Å². The Bertz CT molecular complexity index is 1460. The molecule has 0 radical (unpaired) electrons. The van der Waals surface area contributed by atoms with Gasteiger partial charge in [0.25, 0.3) is 5.91 Å². The number of aryl methyl sites for hydroxylation is 1. The summed E-state index contributed by atoms with van der Waals surface area (Å²) in [6.45, 7) is 3.71. The third-order valence-electron chi connectivity index (χ3n) is 6.55. The summed E-state index contributed by atoms with van der Waals surface area (Å²) in [5.41, 5.74) is 3.55. The zero-order valence-corrected chi connectivity index (χ0v) is 20.9. The van der Waals surface area contributed by atoms with E-state index in [1.54, 1.807) is 11.0 Å². The number of fused-ring (bicyclic) bond motifs is 2. The minimum absolute atomic E-state index is 0.141. The molecule has 6 nitrogen and oxygen atoms in total. The number of amides is 1. The minimum Gasteiger partial charge on any atom is -0.489 e. The van der Waals surface area contributed by atoms with Crippen LogP contribution in [0.4, 0.5) is 0 Å². The number of rotatable bonds is 8. The molecule has 0 N–H and O–H groups in total. The molecule has 36 heavy (non-hydrogen) atoms. The monoisotopic (exact) mass is 482 g/mol. The van der Waals surface area contributed by atoms with Crippen LogP contribution in [0.5, 0.6) is 5.75 Å². The molecule has 0 aliphatic carbocycles. The molecule has 5 rings (SSSR count). The zero-order valence-electron chi connectivity index (χ0n) is 20.9. The predicted octanol–water partition coefficient (Wildman–Crippen LogP) is 5.18. The Morgan fingerprint density at radius 2 is 1.78 bits per heavy atom. The first kappa shape index (κ1) is 23.8. The molecule has 3 aromatic carbocycles. The number of hydrogen-bond acceptors (Lipinski definition) is 5. The lowest BCUT2D eigenvalue weighted by atomic mass is 9.98. The second-order valence-electron chi connectivity index (χ2n) is 9.58. The summed E-state index contributed by atoms with van der Waals surface area (Å²) in [6, 6.07) is 22.6. The van der Waals surface area contributed by atoms with Gasteiger partial charge in [0.05, 0.1) is 17.0 Å². The molecule has 1 aliphatic rings.